The third-order valence-corrected chi connectivity index (χ3v) is 3.11. The van der Waals surface area contributed by atoms with E-state index in [2.05, 4.69) is 6.92 Å². The van der Waals surface area contributed by atoms with E-state index in [1.54, 1.807) is 25.1 Å². The van der Waals surface area contributed by atoms with E-state index in [1.165, 1.54) is 7.11 Å². The summed E-state index contributed by atoms with van der Waals surface area (Å²) in [4.78, 5) is 23.8. The first-order valence-corrected chi connectivity index (χ1v) is 6.96. The fourth-order valence-corrected chi connectivity index (χ4v) is 1.98. The van der Waals surface area contributed by atoms with Gasteiger partial charge < -0.3 is 9.47 Å². The molecule has 20 heavy (non-hydrogen) atoms. The summed E-state index contributed by atoms with van der Waals surface area (Å²) in [6.07, 6.45) is 4.16. The van der Waals surface area contributed by atoms with E-state index in [4.69, 9.17) is 9.47 Å². The topological polar surface area (TPSA) is 52.6 Å². The Morgan fingerprint density at radius 1 is 1.10 bits per heavy atom. The first-order valence-electron chi connectivity index (χ1n) is 6.96. The van der Waals surface area contributed by atoms with Gasteiger partial charge in [-0.05, 0) is 25.0 Å². The summed E-state index contributed by atoms with van der Waals surface area (Å²) in [5.74, 6) is -0.980. The molecule has 0 N–H and O–H groups in total. The maximum atomic E-state index is 12.0. The monoisotopic (exact) mass is 278 g/mol. The minimum absolute atomic E-state index is 0.271. The smallest absolute Gasteiger partial charge is 0.339 e. The standard InChI is InChI=1S/C16H22O4/c1-4-5-6-7-11-20-15(17)13-10-8-9-12(2)14(13)16(18)19-3/h8-10H,4-7,11H2,1-3H3. The molecule has 0 aliphatic heterocycles. The number of rotatable bonds is 7. The highest BCUT2D eigenvalue weighted by molar-refractivity contribution is 6.04. The van der Waals surface area contributed by atoms with Gasteiger partial charge in [-0.25, -0.2) is 9.59 Å². The van der Waals surface area contributed by atoms with E-state index in [0.29, 0.717) is 12.2 Å². The van der Waals surface area contributed by atoms with Crippen molar-refractivity contribution in [1.29, 1.82) is 0 Å². The largest absolute Gasteiger partial charge is 0.465 e. The van der Waals surface area contributed by atoms with Gasteiger partial charge in [-0.15, -0.1) is 0 Å². The van der Waals surface area contributed by atoms with Gasteiger partial charge in [-0.2, -0.15) is 0 Å². The zero-order chi connectivity index (χ0) is 15.0. The van der Waals surface area contributed by atoms with Gasteiger partial charge in [0.25, 0.3) is 0 Å². The quantitative estimate of drug-likeness (QED) is 0.565. The summed E-state index contributed by atoms with van der Waals surface area (Å²) in [6, 6.07) is 5.09. The fourth-order valence-electron chi connectivity index (χ4n) is 1.98. The first-order chi connectivity index (χ1) is 9.61. The van der Waals surface area contributed by atoms with Crippen molar-refractivity contribution in [1.82, 2.24) is 0 Å². The molecule has 4 nitrogen and oxygen atoms in total. The summed E-state index contributed by atoms with van der Waals surface area (Å²) < 4.78 is 9.94. The van der Waals surface area contributed by atoms with E-state index >= 15 is 0 Å². The van der Waals surface area contributed by atoms with Crippen molar-refractivity contribution in [2.75, 3.05) is 13.7 Å². The molecule has 0 aliphatic carbocycles. The molecule has 0 amide bonds. The lowest BCUT2D eigenvalue weighted by Crippen LogP contribution is -2.15. The van der Waals surface area contributed by atoms with E-state index in [0.717, 1.165) is 25.7 Å². The average molecular weight is 278 g/mol. The van der Waals surface area contributed by atoms with Crippen LogP contribution in [0.15, 0.2) is 18.2 Å². The third-order valence-electron chi connectivity index (χ3n) is 3.11. The maximum Gasteiger partial charge on any atom is 0.339 e. The number of esters is 2. The molecule has 0 radical (unpaired) electrons. The van der Waals surface area contributed by atoms with Gasteiger partial charge in [0.05, 0.1) is 24.8 Å². The van der Waals surface area contributed by atoms with Crippen molar-refractivity contribution in [2.45, 2.75) is 39.5 Å². The van der Waals surface area contributed by atoms with E-state index in [9.17, 15) is 9.59 Å². The van der Waals surface area contributed by atoms with Crippen LogP contribution in [0.5, 0.6) is 0 Å². The molecule has 0 saturated carbocycles. The molecule has 110 valence electrons. The number of hydrogen-bond donors (Lipinski definition) is 0. The molecule has 1 aromatic carbocycles. The highest BCUT2D eigenvalue weighted by Crippen LogP contribution is 2.17. The van der Waals surface area contributed by atoms with Crippen LogP contribution in [0.25, 0.3) is 0 Å². The molecule has 1 rings (SSSR count). The van der Waals surface area contributed by atoms with Crippen molar-refractivity contribution in [3.8, 4) is 0 Å². The lowest BCUT2D eigenvalue weighted by Gasteiger charge is -2.10. The van der Waals surface area contributed by atoms with Crippen molar-refractivity contribution >= 4 is 11.9 Å². The Morgan fingerprint density at radius 2 is 1.85 bits per heavy atom. The van der Waals surface area contributed by atoms with E-state index < -0.39 is 11.9 Å². The summed E-state index contributed by atoms with van der Waals surface area (Å²) in [7, 11) is 1.30. The maximum absolute atomic E-state index is 12.0. The molecule has 0 aromatic heterocycles. The number of unbranched alkanes of at least 4 members (excludes halogenated alkanes) is 3. The lowest BCUT2D eigenvalue weighted by atomic mass is 10.0. The zero-order valence-corrected chi connectivity index (χ0v) is 12.4. The van der Waals surface area contributed by atoms with Gasteiger partial charge in [-0.1, -0.05) is 38.3 Å². The minimum atomic E-state index is -0.513. The van der Waals surface area contributed by atoms with Gasteiger partial charge in [0.2, 0.25) is 0 Å². The van der Waals surface area contributed by atoms with Crippen LogP contribution in [0, 0.1) is 6.92 Å². The van der Waals surface area contributed by atoms with Crippen molar-refractivity contribution in [3.63, 3.8) is 0 Å². The molecular formula is C16H22O4. The number of carbonyl (C=O) groups excluding carboxylic acids is 2. The third kappa shape index (κ3) is 4.37. The fraction of sp³-hybridized carbons (Fsp3) is 0.500. The van der Waals surface area contributed by atoms with Gasteiger partial charge in [-0.3, -0.25) is 0 Å². The molecule has 0 atom stereocenters. The van der Waals surface area contributed by atoms with Crippen LogP contribution >= 0.6 is 0 Å². The molecule has 0 aliphatic rings. The Labute approximate surface area is 120 Å². The molecule has 0 unspecified atom stereocenters. The van der Waals surface area contributed by atoms with Gasteiger partial charge in [0.1, 0.15) is 0 Å². The summed E-state index contributed by atoms with van der Waals surface area (Å²) >= 11 is 0. The van der Waals surface area contributed by atoms with Crippen LogP contribution in [-0.4, -0.2) is 25.7 Å². The Morgan fingerprint density at radius 3 is 2.50 bits per heavy atom. The van der Waals surface area contributed by atoms with Gasteiger partial charge in [0.15, 0.2) is 0 Å². The molecule has 1 aromatic rings. The predicted molar refractivity (Wildman–Crippen MR) is 76.9 cm³/mol. The zero-order valence-electron chi connectivity index (χ0n) is 12.4. The van der Waals surface area contributed by atoms with Crippen molar-refractivity contribution < 1.29 is 19.1 Å². The molecule has 4 heteroatoms. The van der Waals surface area contributed by atoms with Crippen LogP contribution in [-0.2, 0) is 9.47 Å². The highest BCUT2D eigenvalue weighted by atomic mass is 16.5. The normalized spacial score (nSPS) is 10.2. The Balaban J connectivity index is 2.73. The summed E-state index contributed by atoms with van der Waals surface area (Å²) in [5, 5.41) is 0. The summed E-state index contributed by atoms with van der Waals surface area (Å²) in [5.41, 5.74) is 1.26. The molecular weight excluding hydrogens is 256 g/mol. The molecule has 0 bridgehead atoms. The molecule has 0 fully saturated rings. The van der Waals surface area contributed by atoms with Gasteiger partial charge in [0, 0.05) is 0 Å². The number of benzene rings is 1. The van der Waals surface area contributed by atoms with Crippen LogP contribution in [0.4, 0.5) is 0 Å². The predicted octanol–water partition coefficient (Wildman–Crippen LogP) is 3.52. The van der Waals surface area contributed by atoms with Crippen molar-refractivity contribution in [2.24, 2.45) is 0 Å². The Hall–Kier alpha value is -1.84. The summed E-state index contributed by atoms with van der Waals surface area (Å²) in [6.45, 7) is 4.28. The number of aryl methyl sites for hydroxylation is 1. The van der Waals surface area contributed by atoms with Crippen LogP contribution < -0.4 is 0 Å². The molecule has 0 heterocycles. The lowest BCUT2D eigenvalue weighted by molar-refractivity contribution is 0.0479. The number of carbonyl (C=O) groups is 2. The first kappa shape index (κ1) is 16.2. The number of ether oxygens (including phenoxy) is 2. The second-order valence-corrected chi connectivity index (χ2v) is 4.69. The molecule has 0 saturated heterocycles. The number of hydrogen-bond acceptors (Lipinski definition) is 4. The van der Waals surface area contributed by atoms with E-state index in [1.807, 2.05) is 0 Å². The Bertz CT molecular complexity index is 466. The van der Waals surface area contributed by atoms with Crippen LogP contribution in [0.2, 0.25) is 0 Å². The van der Waals surface area contributed by atoms with Crippen LogP contribution in [0.1, 0.15) is 58.9 Å². The molecule has 0 spiro atoms. The Kier molecular flexibility index (Phi) is 6.77. The minimum Gasteiger partial charge on any atom is -0.465 e. The van der Waals surface area contributed by atoms with Gasteiger partial charge >= 0.3 is 11.9 Å². The van der Waals surface area contributed by atoms with Crippen LogP contribution in [0.3, 0.4) is 0 Å². The number of methoxy groups -OCH3 is 1. The van der Waals surface area contributed by atoms with E-state index in [-0.39, 0.29) is 11.1 Å². The second-order valence-electron chi connectivity index (χ2n) is 4.69. The SMILES string of the molecule is CCCCCCOC(=O)c1cccc(C)c1C(=O)OC. The highest BCUT2D eigenvalue weighted by Gasteiger charge is 2.20. The van der Waals surface area contributed by atoms with Crippen molar-refractivity contribution in [3.05, 3.63) is 34.9 Å². The average Bonchev–Trinajstić information content (AvgIpc) is 2.45. The second kappa shape index (κ2) is 8.35.